The van der Waals surface area contributed by atoms with Gasteiger partial charge in [-0.3, -0.25) is 4.79 Å². The van der Waals surface area contributed by atoms with Crippen molar-refractivity contribution in [2.75, 3.05) is 19.6 Å². The van der Waals surface area contributed by atoms with Gasteiger partial charge in [-0.05, 0) is 49.9 Å². The number of halogens is 1. The van der Waals surface area contributed by atoms with Gasteiger partial charge in [0.25, 0.3) is 0 Å². The van der Waals surface area contributed by atoms with Crippen LogP contribution < -0.4 is 0 Å². The highest BCUT2D eigenvalue weighted by Crippen LogP contribution is 2.28. The van der Waals surface area contributed by atoms with Gasteiger partial charge >= 0.3 is 0 Å². The summed E-state index contributed by atoms with van der Waals surface area (Å²) >= 11 is 0. The van der Waals surface area contributed by atoms with Gasteiger partial charge < -0.3 is 4.90 Å². The molecule has 0 unspecified atom stereocenters. The molecule has 0 N–H and O–H groups in total. The molecule has 1 saturated heterocycles. The zero-order valence-electron chi connectivity index (χ0n) is 14.4. The lowest BCUT2D eigenvalue weighted by molar-refractivity contribution is -0.130. The van der Waals surface area contributed by atoms with Gasteiger partial charge in [0.2, 0.25) is 15.9 Å². The van der Waals surface area contributed by atoms with E-state index in [1.54, 1.807) is 4.90 Å². The predicted molar refractivity (Wildman–Crippen MR) is 93.0 cm³/mol. The van der Waals surface area contributed by atoms with Crippen molar-refractivity contribution >= 4 is 15.9 Å². The number of rotatable bonds is 5. The van der Waals surface area contributed by atoms with Crippen LogP contribution in [0.5, 0.6) is 0 Å². The highest BCUT2D eigenvalue weighted by Gasteiger charge is 2.35. The zero-order chi connectivity index (χ0) is 17.9. The Morgan fingerprint density at radius 2 is 1.64 bits per heavy atom. The van der Waals surface area contributed by atoms with Crippen LogP contribution in [0.3, 0.4) is 0 Å². The van der Waals surface area contributed by atoms with E-state index in [4.69, 9.17) is 0 Å². The average molecular weight is 368 g/mol. The molecule has 1 saturated carbocycles. The maximum absolute atomic E-state index is 13.2. The van der Waals surface area contributed by atoms with Gasteiger partial charge in [-0.15, -0.1) is 0 Å². The molecule has 0 spiro atoms. The molecule has 1 amide bonds. The second-order valence-corrected chi connectivity index (χ2v) is 8.77. The lowest BCUT2D eigenvalue weighted by Crippen LogP contribution is -2.47. The molecule has 7 heteroatoms. The highest BCUT2D eigenvalue weighted by molar-refractivity contribution is 7.89. The van der Waals surface area contributed by atoms with Crippen LogP contribution in [0.4, 0.5) is 4.39 Å². The summed E-state index contributed by atoms with van der Waals surface area (Å²) in [6.45, 7) is 1.28. The fraction of sp³-hybridized carbons (Fsp3) is 0.611. The summed E-state index contributed by atoms with van der Waals surface area (Å²) in [5, 5.41) is 0. The summed E-state index contributed by atoms with van der Waals surface area (Å²) in [6, 6.07) is 4.69. The summed E-state index contributed by atoms with van der Waals surface area (Å²) in [5.41, 5.74) is 0. The lowest BCUT2D eigenvalue weighted by atomic mass is 9.95. The molecule has 5 nitrogen and oxygen atoms in total. The Bertz CT molecular complexity index is 694. The van der Waals surface area contributed by atoms with Crippen LogP contribution in [-0.4, -0.2) is 49.2 Å². The maximum atomic E-state index is 13.2. The zero-order valence-corrected chi connectivity index (χ0v) is 15.2. The Balaban J connectivity index is 1.86. The van der Waals surface area contributed by atoms with Gasteiger partial charge in [-0.25, -0.2) is 12.8 Å². The monoisotopic (exact) mass is 368 g/mol. The normalized spacial score (nSPS) is 19.5. The standard InChI is InChI=1S/C18H25FN2O3S/c19-15-8-10-17(11-9-15)25(23,24)21(16-6-2-1-3-7-16)14-18(22)20-12-4-5-13-20/h8-11,16H,1-7,12-14H2. The van der Waals surface area contributed by atoms with Crippen molar-refractivity contribution in [2.24, 2.45) is 0 Å². The van der Waals surface area contributed by atoms with Crippen molar-refractivity contribution in [1.82, 2.24) is 9.21 Å². The van der Waals surface area contributed by atoms with Crippen molar-refractivity contribution in [3.8, 4) is 0 Å². The second-order valence-electron chi connectivity index (χ2n) is 6.88. The van der Waals surface area contributed by atoms with Gasteiger partial charge in [0, 0.05) is 19.1 Å². The summed E-state index contributed by atoms with van der Waals surface area (Å²) in [5.74, 6) is -0.606. The average Bonchev–Trinajstić information content (AvgIpc) is 3.15. The largest absolute Gasteiger partial charge is 0.342 e. The fourth-order valence-electron chi connectivity index (χ4n) is 3.72. The van der Waals surface area contributed by atoms with E-state index in [0.717, 1.165) is 57.1 Å². The quantitative estimate of drug-likeness (QED) is 0.803. The number of nitrogens with zero attached hydrogens (tertiary/aromatic N) is 2. The van der Waals surface area contributed by atoms with Crippen molar-refractivity contribution in [3.05, 3.63) is 30.1 Å². The van der Waals surface area contributed by atoms with Crippen LogP contribution in [0.2, 0.25) is 0 Å². The van der Waals surface area contributed by atoms with Crippen LogP contribution in [0.15, 0.2) is 29.2 Å². The van der Waals surface area contributed by atoms with Gasteiger partial charge in [-0.2, -0.15) is 4.31 Å². The molecule has 0 aromatic heterocycles. The van der Waals surface area contributed by atoms with E-state index in [-0.39, 0.29) is 23.4 Å². The van der Waals surface area contributed by atoms with E-state index in [2.05, 4.69) is 0 Å². The second kappa shape index (κ2) is 7.83. The molecule has 1 aromatic rings. The molecule has 1 aliphatic heterocycles. The maximum Gasteiger partial charge on any atom is 0.243 e. The van der Waals surface area contributed by atoms with Crippen molar-refractivity contribution < 1.29 is 17.6 Å². The minimum atomic E-state index is -3.82. The third-order valence-electron chi connectivity index (χ3n) is 5.15. The van der Waals surface area contributed by atoms with Crippen LogP contribution in [0.1, 0.15) is 44.9 Å². The first-order valence-electron chi connectivity index (χ1n) is 9.04. The van der Waals surface area contributed by atoms with Crippen LogP contribution in [0.25, 0.3) is 0 Å². The molecule has 0 radical (unpaired) electrons. The number of carbonyl (C=O) groups excluding carboxylic acids is 1. The number of hydrogen-bond acceptors (Lipinski definition) is 3. The van der Waals surface area contributed by atoms with Crippen molar-refractivity contribution in [3.63, 3.8) is 0 Å². The molecule has 2 fully saturated rings. The Morgan fingerprint density at radius 1 is 1.04 bits per heavy atom. The fourth-order valence-corrected chi connectivity index (χ4v) is 5.36. The van der Waals surface area contributed by atoms with Crippen molar-refractivity contribution in [2.45, 2.75) is 55.9 Å². The predicted octanol–water partition coefficient (Wildman–Crippen LogP) is 2.77. The third-order valence-corrected chi connectivity index (χ3v) is 7.06. The summed E-state index contributed by atoms with van der Waals surface area (Å²) in [6.07, 6.45) is 6.53. The van der Waals surface area contributed by atoms with E-state index in [0.29, 0.717) is 13.1 Å². The number of sulfonamides is 1. The first-order valence-corrected chi connectivity index (χ1v) is 10.5. The van der Waals surface area contributed by atoms with Crippen LogP contribution in [-0.2, 0) is 14.8 Å². The molecule has 2 aliphatic rings. The Morgan fingerprint density at radius 3 is 2.24 bits per heavy atom. The number of carbonyl (C=O) groups is 1. The number of benzene rings is 1. The molecular weight excluding hydrogens is 343 g/mol. The Labute approximate surface area is 148 Å². The molecule has 1 heterocycles. The molecular formula is C18H25FN2O3S. The minimum Gasteiger partial charge on any atom is -0.342 e. The summed E-state index contributed by atoms with van der Waals surface area (Å²) < 4.78 is 40.8. The molecule has 3 rings (SSSR count). The smallest absolute Gasteiger partial charge is 0.243 e. The van der Waals surface area contributed by atoms with Gasteiger partial charge in [0.1, 0.15) is 5.82 Å². The molecule has 1 aromatic carbocycles. The molecule has 0 atom stereocenters. The Hall–Kier alpha value is -1.47. The van der Waals surface area contributed by atoms with E-state index >= 15 is 0 Å². The van der Waals surface area contributed by atoms with Gasteiger partial charge in [0.15, 0.2) is 0 Å². The van der Waals surface area contributed by atoms with Gasteiger partial charge in [-0.1, -0.05) is 19.3 Å². The van der Waals surface area contributed by atoms with Crippen LogP contribution in [0, 0.1) is 5.82 Å². The number of amides is 1. The van der Waals surface area contributed by atoms with E-state index in [1.165, 1.54) is 16.4 Å². The Kier molecular flexibility index (Phi) is 5.74. The van der Waals surface area contributed by atoms with E-state index < -0.39 is 15.8 Å². The molecule has 25 heavy (non-hydrogen) atoms. The lowest BCUT2D eigenvalue weighted by Gasteiger charge is -2.34. The van der Waals surface area contributed by atoms with Gasteiger partial charge in [0.05, 0.1) is 11.4 Å². The summed E-state index contributed by atoms with van der Waals surface area (Å²) in [7, 11) is -3.82. The van der Waals surface area contributed by atoms with E-state index in [1.807, 2.05) is 0 Å². The highest BCUT2D eigenvalue weighted by atomic mass is 32.2. The third kappa shape index (κ3) is 4.20. The number of hydrogen-bond donors (Lipinski definition) is 0. The minimum absolute atomic E-state index is 0.0497. The SMILES string of the molecule is O=C(CN(C1CCCCC1)S(=O)(=O)c1ccc(F)cc1)N1CCCC1. The number of likely N-dealkylation sites (tertiary alicyclic amines) is 1. The first-order chi connectivity index (χ1) is 12.0. The molecule has 0 bridgehead atoms. The molecule has 138 valence electrons. The summed E-state index contributed by atoms with van der Waals surface area (Å²) in [4.78, 5) is 14.4. The topological polar surface area (TPSA) is 57.7 Å². The van der Waals surface area contributed by atoms with Crippen LogP contribution >= 0.6 is 0 Å². The van der Waals surface area contributed by atoms with E-state index in [9.17, 15) is 17.6 Å². The first kappa shape index (κ1) is 18.3. The van der Waals surface area contributed by atoms with Crippen molar-refractivity contribution in [1.29, 1.82) is 0 Å². The molecule has 1 aliphatic carbocycles.